The van der Waals surface area contributed by atoms with E-state index in [2.05, 4.69) is 55.3 Å². The van der Waals surface area contributed by atoms with E-state index in [0.717, 1.165) is 18.8 Å². The second-order valence-electron chi connectivity index (χ2n) is 6.87. The summed E-state index contributed by atoms with van der Waals surface area (Å²) < 4.78 is 0. The molecule has 0 radical (unpaired) electrons. The van der Waals surface area contributed by atoms with Gasteiger partial charge in [-0.15, -0.1) is 0 Å². The van der Waals surface area contributed by atoms with Gasteiger partial charge in [-0.25, -0.2) is 0 Å². The Hall–Kier alpha value is -2.33. The molecule has 2 rings (SSSR count). The van der Waals surface area contributed by atoms with Crippen molar-refractivity contribution in [2.45, 2.75) is 27.3 Å². The lowest BCUT2D eigenvalue weighted by molar-refractivity contribution is -0.903. The highest BCUT2D eigenvalue weighted by Crippen LogP contribution is 2.14. The molecule has 0 aliphatic heterocycles. The summed E-state index contributed by atoms with van der Waals surface area (Å²) in [6.45, 7) is 8.49. The molecule has 0 fully saturated rings. The number of nitrogens with zero attached hydrogens (tertiary/aromatic N) is 1. The monoisotopic (exact) mass is 340 g/mol. The van der Waals surface area contributed by atoms with Crippen molar-refractivity contribution >= 4 is 17.3 Å². The Morgan fingerprint density at radius 1 is 1.04 bits per heavy atom. The zero-order valence-corrected chi connectivity index (χ0v) is 16.0. The van der Waals surface area contributed by atoms with Gasteiger partial charge < -0.3 is 15.1 Å². The standard InChI is InChI=1S/C21H29N3O/c1-6-24(14-18-8-11-20(12-9-18)23(4)5)15-21(25)22-19-10-7-16(2)17(3)13-19/h7-13H,6,14-15H2,1-5H3,(H,22,25)/p+1. The minimum absolute atomic E-state index is 0.0602. The maximum Gasteiger partial charge on any atom is 0.279 e. The molecule has 25 heavy (non-hydrogen) atoms. The summed E-state index contributed by atoms with van der Waals surface area (Å²) in [6, 6.07) is 14.6. The molecule has 0 heterocycles. The van der Waals surface area contributed by atoms with Gasteiger partial charge in [-0.3, -0.25) is 4.79 Å². The van der Waals surface area contributed by atoms with Crippen LogP contribution in [0.5, 0.6) is 0 Å². The SMILES string of the molecule is CC[NH+](CC(=O)Nc1ccc(C)c(C)c1)Cc1ccc(N(C)C)cc1. The molecule has 0 aliphatic carbocycles. The van der Waals surface area contributed by atoms with E-state index < -0.39 is 0 Å². The Kier molecular flexibility index (Phi) is 6.59. The quantitative estimate of drug-likeness (QED) is 0.812. The second kappa shape index (κ2) is 8.67. The summed E-state index contributed by atoms with van der Waals surface area (Å²) in [7, 11) is 4.07. The Balaban J connectivity index is 1.93. The van der Waals surface area contributed by atoms with E-state index >= 15 is 0 Å². The van der Waals surface area contributed by atoms with Gasteiger partial charge in [0.1, 0.15) is 6.54 Å². The number of amides is 1. The van der Waals surface area contributed by atoms with Crippen molar-refractivity contribution in [1.82, 2.24) is 0 Å². The third-order valence-corrected chi connectivity index (χ3v) is 4.61. The van der Waals surface area contributed by atoms with E-state index in [1.54, 1.807) is 0 Å². The molecule has 1 atom stereocenters. The van der Waals surface area contributed by atoms with Crippen molar-refractivity contribution < 1.29 is 9.69 Å². The second-order valence-corrected chi connectivity index (χ2v) is 6.87. The lowest BCUT2D eigenvalue weighted by atomic mass is 10.1. The van der Waals surface area contributed by atoms with Gasteiger partial charge in [0.05, 0.1) is 6.54 Å². The molecule has 0 aliphatic rings. The summed E-state index contributed by atoms with van der Waals surface area (Å²) in [5.74, 6) is 0.0602. The lowest BCUT2D eigenvalue weighted by Crippen LogP contribution is -3.11. The number of benzene rings is 2. The number of quaternary nitrogens is 1. The van der Waals surface area contributed by atoms with Crippen molar-refractivity contribution in [1.29, 1.82) is 0 Å². The van der Waals surface area contributed by atoms with Gasteiger partial charge in [-0.05, 0) is 56.2 Å². The number of hydrogen-bond donors (Lipinski definition) is 2. The number of carbonyl (C=O) groups excluding carboxylic acids is 1. The molecular weight excluding hydrogens is 310 g/mol. The van der Waals surface area contributed by atoms with E-state index in [4.69, 9.17) is 0 Å². The zero-order valence-electron chi connectivity index (χ0n) is 16.0. The van der Waals surface area contributed by atoms with E-state index in [9.17, 15) is 4.79 Å². The molecule has 4 heteroatoms. The van der Waals surface area contributed by atoms with Crippen LogP contribution in [0.4, 0.5) is 11.4 Å². The number of hydrogen-bond acceptors (Lipinski definition) is 2. The van der Waals surface area contributed by atoms with Crippen LogP contribution in [0.2, 0.25) is 0 Å². The number of rotatable bonds is 7. The molecule has 2 aromatic carbocycles. The lowest BCUT2D eigenvalue weighted by Gasteiger charge is -2.18. The highest BCUT2D eigenvalue weighted by molar-refractivity contribution is 5.91. The molecule has 1 amide bonds. The number of nitrogens with one attached hydrogen (secondary N) is 2. The molecule has 2 N–H and O–H groups in total. The molecular formula is C21H30N3O+. The molecule has 0 saturated heterocycles. The first kappa shape index (κ1) is 19.0. The summed E-state index contributed by atoms with van der Waals surface area (Å²) in [4.78, 5) is 15.7. The molecule has 4 nitrogen and oxygen atoms in total. The number of anilines is 2. The number of carbonyl (C=O) groups is 1. The Labute approximate surface area is 151 Å². The average Bonchev–Trinajstić information content (AvgIpc) is 2.58. The van der Waals surface area contributed by atoms with E-state index in [-0.39, 0.29) is 5.91 Å². The van der Waals surface area contributed by atoms with Gasteiger partial charge in [0.25, 0.3) is 5.91 Å². The fraction of sp³-hybridized carbons (Fsp3) is 0.381. The van der Waals surface area contributed by atoms with Crippen molar-refractivity contribution in [2.24, 2.45) is 0 Å². The topological polar surface area (TPSA) is 36.8 Å². The third kappa shape index (κ3) is 5.61. The summed E-state index contributed by atoms with van der Waals surface area (Å²) in [5.41, 5.74) is 5.74. The minimum atomic E-state index is 0.0602. The molecule has 2 aromatic rings. The maximum atomic E-state index is 12.4. The van der Waals surface area contributed by atoms with Crippen LogP contribution in [0.25, 0.3) is 0 Å². The van der Waals surface area contributed by atoms with Crippen molar-refractivity contribution in [3.63, 3.8) is 0 Å². The summed E-state index contributed by atoms with van der Waals surface area (Å²) >= 11 is 0. The minimum Gasteiger partial charge on any atom is -0.378 e. The first-order valence-corrected chi connectivity index (χ1v) is 8.86. The van der Waals surface area contributed by atoms with Crippen LogP contribution in [0.15, 0.2) is 42.5 Å². The normalized spacial score (nSPS) is 11.9. The fourth-order valence-electron chi connectivity index (χ4n) is 2.76. The van der Waals surface area contributed by atoms with Crippen LogP contribution in [-0.4, -0.2) is 33.1 Å². The molecule has 0 spiro atoms. The van der Waals surface area contributed by atoms with Crippen molar-refractivity contribution in [3.8, 4) is 0 Å². The Bertz CT molecular complexity index is 708. The van der Waals surface area contributed by atoms with Gasteiger partial charge in [-0.1, -0.05) is 18.2 Å². The van der Waals surface area contributed by atoms with E-state index in [0.29, 0.717) is 6.54 Å². The van der Waals surface area contributed by atoms with E-state index in [1.807, 2.05) is 32.3 Å². The van der Waals surface area contributed by atoms with Gasteiger partial charge in [0.2, 0.25) is 0 Å². The van der Waals surface area contributed by atoms with Crippen LogP contribution < -0.4 is 15.1 Å². The molecule has 0 saturated carbocycles. The van der Waals surface area contributed by atoms with Gasteiger partial charge in [-0.2, -0.15) is 0 Å². The van der Waals surface area contributed by atoms with Crippen LogP contribution in [0, 0.1) is 13.8 Å². The highest BCUT2D eigenvalue weighted by atomic mass is 16.2. The van der Waals surface area contributed by atoms with Gasteiger partial charge >= 0.3 is 0 Å². The summed E-state index contributed by atoms with van der Waals surface area (Å²) in [6.07, 6.45) is 0. The van der Waals surface area contributed by atoms with Crippen molar-refractivity contribution in [3.05, 3.63) is 59.2 Å². The Morgan fingerprint density at radius 2 is 1.72 bits per heavy atom. The Morgan fingerprint density at radius 3 is 2.28 bits per heavy atom. The average molecular weight is 340 g/mol. The summed E-state index contributed by atoms with van der Waals surface area (Å²) in [5, 5.41) is 3.02. The van der Waals surface area contributed by atoms with Gasteiger partial charge in [0.15, 0.2) is 6.54 Å². The van der Waals surface area contributed by atoms with Crippen molar-refractivity contribution in [2.75, 3.05) is 37.4 Å². The van der Waals surface area contributed by atoms with Crippen LogP contribution in [0.1, 0.15) is 23.6 Å². The van der Waals surface area contributed by atoms with Crippen LogP contribution >= 0.6 is 0 Å². The van der Waals surface area contributed by atoms with Crippen LogP contribution in [-0.2, 0) is 11.3 Å². The fourth-order valence-corrected chi connectivity index (χ4v) is 2.76. The predicted molar refractivity (Wildman–Crippen MR) is 105 cm³/mol. The van der Waals surface area contributed by atoms with Crippen LogP contribution in [0.3, 0.4) is 0 Å². The first-order valence-electron chi connectivity index (χ1n) is 8.86. The van der Waals surface area contributed by atoms with E-state index in [1.165, 1.54) is 27.3 Å². The molecule has 1 unspecified atom stereocenters. The highest BCUT2D eigenvalue weighted by Gasteiger charge is 2.14. The predicted octanol–water partition coefficient (Wildman–Crippen LogP) is 2.41. The molecule has 134 valence electrons. The first-order chi connectivity index (χ1) is 11.9. The largest absolute Gasteiger partial charge is 0.378 e. The third-order valence-electron chi connectivity index (χ3n) is 4.61. The number of aryl methyl sites for hydroxylation is 2. The van der Waals surface area contributed by atoms with Gasteiger partial charge in [0, 0.05) is 31.0 Å². The molecule has 0 aromatic heterocycles. The number of likely N-dealkylation sites (N-methyl/N-ethyl adjacent to an activating group) is 1. The molecule has 0 bridgehead atoms. The zero-order chi connectivity index (χ0) is 18.4. The maximum absolute atomic E-state index is 12.4. The smallest absolute Gasteiger partial charge is 0.279 e.